The molecule has 8 aromatic rings. The van der Waals surface area contributed by atoms with Crippen LogP contribution >= 0.6 is 11.3 Å². The van der Waals surface area contributed by atoms with Crippen LogP contribution in [-0.2, 0) is 20.1 Å². The summed E-state index contributed by atoms with van der Waals surface area (Å²) in [5, 5.41) is 3.32. The molecule has 0 aliphatic heterocycles. The van der Waals surface area contributed by atoms with E-state index >= 15 is 0 Å². The minimum atomic E-state index is -0.802. The minimum absolute atomic E-state index is 0. The molecule has 0 aliphatic rings. The van der Waals surface area contributed by atoms with E-state index in [4.69, 9.17) is 10.8 Å². The third-order valence-electron chi connectivity index (χ3n) is 8.32. The number of furan rings is 1. The molecule has 8 rings (SSSR count). The van der Waals surface area contributed by atoms with Crippen molar-refractivity contribution < 1.29 is 25.9 Å². The van der Waals surface area contributed by atoms with E-state index in [0.717, 1.165) is 66.5 Å². The van der Waals surface area contributed by atoms with Gasteiger partial charge in [-0.15, -0.1) is 65.4 Å². The van der Waals surface area contributed by atoms with Gasteiger partial charge in [-0.25, -0.2) is 0 Å². The average Bonchev–Trinajstić information content (AvgIpc) is 3.65. The van der Waals surface area contributed by atoms with E-state index in [1.807, 2.05) is 68.6 Å². The smallest absolute Gasteiger partial charge is 0.129 e. The topological polar surface area (TPSA) is 38.9 Å². The molecule has 0 fully saturated rings. The fraction of sp³-hybridized carbons (Fsp3) is 0.143. The van der Waals surface area contributed by atoms with Gasteiger partial charge in [-0.1, -0.05) is 67.3 Å². The molecule has 0 unspecified atom stereocenters. The largest absolute Gasteiger partial charge is 0.500 e. The molecule has 0 N–H and O–H groups in total. The van der Waals surface area contributed by atoms with Crippen molar-refractivity contribution in [1.29, 1.82) is 0 Å². The summed E-state index contributed by atoms with van der Waals surface area (Å²) in [4.78, 5) is 10.4. The molecule has 0 bridgehead atoms. The van der Waals surface area contributed by atoms with Gasteiger partial charge in [-0.05, 0) is 78.5 Å². The van der Waals surface area contributed by atoms with E-state index in [2.05, 4.69) is 86.4 Å². The Morgan fingerprint density at radius 2 is 1.53 bits per heavy atom. The van der Waals surface area contributed by atoms with Crippen LogP contribution in [0.2, 0.25) is 0 Å². The second kappa shape index (κ2) is 13.8. The zero-order chi connectivity index (χ0) is 32.7. The first-order chi connectivity index (χ1) is 22.7. The number of nitrogens with zero attached hydrogens (tertiary/aromatic N) is 2. The van der Waals surface area contributed by atoms with Gasteiger partial charge in [0.2, 0.25) is 0 Å². The molecular formula is C42H34IrN2OS-2. The molecular weight excluding hydrogens is 773 g/mol. The van der Waals surface area contributed by atoms with Crippen molar-refractivity contribution in [2.24, 2.45) is 0 Å². The number of aromatic nitrogens is 2. The van der Waals surface area contributed by atoms with Crippen molar-refractivity contribution >= 4 is 43.4 Å². The fourth-order valence-corrected chi connectivity index (χ4v) is 7.07. The molecule has 0 amide bonds. The van der Waals surface area contributed by atoms with Gasteiger partial charge in [0.25, 0.3) is 0 Å². The molecule has 0 atom stereocenters. The summed E-state index contributed by atoms with van der Waals surface area (Å²) in [6.07, 6.45) is 3.71. The van der Waals surface area contributed by atoms with Crippen molar-refractivity contribution in [3.8, 4) is 33.6 Å². The second-order valence-corrected chi connectivity index (χ2v) is 13.1. The van der Waals surface area contributed by atoms with Crippen LogP contribution in [0.3, 0.4) is 0 Å². The van der Waals surface area contributed by atoms with Gasteiger partial charge in [0.05, 0.1) is 5.58 Å². The third-order valence-corrected chi connectivity index (χ3v) is 9.33. The number of thiophene rings is 1. The Balaban J connectivity index is 0.000000260. The maximum absolute atomic E-state index is 8.95. The van der Waals surface area contributed by atoms with E-state index in [0.29, 0.717) is 0 Å². The molecule has 0 saturated carbocycles. The van der Waals surface area contributed by atoms with Crippen LogP contribution in [0.25, 0.3) is 65.7 Å². The molecule has 5 heteroatoms. The zero-order valence-corrected chi connectivity index (χ0v) is 30.1. The molecule has 1 radical (unpaired) electrons. The summed E-state index contributed by atoms with van der Waals surface area (Å²) < 4.78 is 16.7. The maximum atomic E-state index is 8.95. The number of benzene rings is 4. The molecule has 235 valence electrons. The predicted octanol–water partition coefficient (Wildman–Crippen LogP) is 11.9. The van der Waals surface area contributed by atoms with Crippen LogP contribution in [0.1, 0.15) is 42.7 Å². The Morgan fingerprint density at radius 1 is 0.745 bits per heavy atom. The maximum Gasteiger partial charge on any atom is 0.129 e. The Morgan fingerprint density at radius 3 is 2.26 bits per heavy atom. The van der Waals surface area contributed by atoms with E-state index < -0.39 is 5.89 Å². The Hall–Kier alpha value is -4.41. The van der Waals surface area contributed by atoms with E-state index in [9.17, 15) is 0 Å². The molecule has 0 saturated heterocycles. The predicted molar refractivity (Wildman–Crippen MR) is 193 cm³/mol. The number of hydrogen-bond acceptors (Lipinski definition) is 4. The summed E-state index contributed by atoms with van der Waals surface area (Å²) in [6.45, 7) is 10.2. The summed E-state index contributed by atoms with van der Waals surface area (Å²) in [5.41, 5.74) is 10.8. The minimum Gasteiger partial charge on any atom is -0.500 e. The monoisotopic (exact) mass is 808 g/mol. The van der Waals surface area contributed by atoms with Crippen LogP contribution in [0.15, 0.2) is 114 Å². The quantitative estimate of drug-likeness (QED) is 0.166. The number of pyridine rings is 2. The van der Waals surface area contributed by atoms with Gasteiger partial charge in [0, 0.05) is 59.8 Å². The van der Waals surface area contributed by atoms with E-state index in [1.54, 1.807) is 17.5 Å². The molecule has 0 spiro atoms. The van der Waals surface area contributed by atoms with Gasteiger partial charge in [0.1, 0.15) is 5.58 Å². The molecule has 47 heavy (non-hydrogen) atoms. The number of rotatable bonds is 4. The Labute approximate surface area is 295 Å². The Bertz CT molecular complexity index is 2320. The molecule has 4 aromatic carbocycles. The fourth-order valence-electron chi connectivity index (χ4n) is 6.15. The van der Waals surface area contributed by atoms with Gasteiger partial charge in [0.15, 0.2) is 0 Å². The van der Waals surface area contributed by atoms with Crippen molar-refractivity contribution in [2.75, 3.05) is 0 Å². The van der Waals surface area contributed by atoms with E-state index in [-0.39, 0.29) is 20.1 Å². The van der Waals surface area contributed by atoms with Crippen molar-refractivity contribution in [3.05, 3.63) is 143 Å². The normalized spacial score (nSPS) is 11.6. The number of hydrogen-bond donors (Lipinski definition) is 0. The zero-order valence-electron chi connectivity index (χ0n) is 27.9. The summed E-state index contributed by atoms with van der Waals surface area (Å²) in [6, 6.07) is 39.1. The number of aryl methyl sites for hydroxylation is 3. The average molecular weight is 808 g/mol. The van der Waals surface area contributed by atoms with E-state index in [1.165, 1.54) is 20.7 Å². The van der Waals surface area contributed by atoms with Crippen LogP contribution in [0, 0.1) is 32.9 Å². The number of fused-ring (bicyclic) bond motifs is 5. The summed E-state index contributed by atoms with van der Waals surface area (Å²) in [5.74, 6) is -0.802. The standard InChI is InChI=1S/C31H26NOS.C11H8N.Ir/c1-17(2)24-15-27(32-16-26(24)29-18(3)8-6-9-19(29)4)23-11-7-10-21-22-12-13-28-25(14-20(5)34-28)31(22)33-30(21)23;1-2-6-10(7-3-1)11-8-4-5-9-12-11;/h6-10,12-17H,1-5H3;1-6,8-9H;/q2*-1;/i17D;;. The molecule has 4 aromatic heterocycles. The van der Waals surface area contributed by atoms with Gasteiger partial charge >= 0.3 is 0 Å². The van der Waals surface area contributed by atoms with Crippen LogP contribution in [-0.4, -0.2) is 9.97 Å². The van der Waals surface area contributed by atoms with Crippen LogP contribution < -0.4 is 0 Å². The summed E-state index contributed by atoms with van der Waals surface area (Å²) >= 11 is 1.78. The first kappa shape index (κ1) is 31.2. The molecule has 0 aliphatic carbocycles. The first-order valence-corrected chi connectivity index (χ1v) is 16.2. The first-order valence-electron chi connectivity index (χ1n) is 15.9. The Kier molecular flexibility index (Phi) is 9.13. The third kappa shape index (κ3) is 6.32. The van der Waals surface area contributed by atoms with Crippen molar-refractivity contribution in [1.82, 2.24) is 9.97 Å². The molecule has 4 heterocycles. The van der Waals surface area contributed by atoms with Crippen molar-refractivity contribution in [3.63, 3.8) is 0 Å². The van der Waals surface area contributed by atoms with Crippen LogP contribution in [0.4, 0.5) is 0 Å². The van der Waals surface area contributed by atoms with Crippen LogP contribution in [0.5, 0.6) is 0 Å². The van der Waals surface area contributed by atoms with Gasteiger partial charge < -0.3 is 14.4 Å². The molecule has 3 nitrogen and oxygen atoms in total. The summed E-state index contributed by atoms with van der Waals surface area (Å²) in [7, 11) is 0. The van der Waals surface area contributed by atoms with Gasteiger partial charge in [-0.3, -0.25) is 0 Å². The van der Waals surface area contributed by atoms with Gasteiger partial charge in [-0.2, -0.15) is 0 Å². The SMILES string of the molecule is [2H]C(C)(C)c1cc(-c2[c-]ccc3c2oc2c4cc(C)sc4ccc32)ncc1-c1c(C)cccc1C.[Ir].[c-]1ccccc1-c1ccccn1. The second-order valence-electron chi connectivity index (χ2n) is 11.8. The van der Waals surface area contributed by atoms with Crippen molar-refractivity contribution in [2.45, 2.75) is 40.5 Å².